The Morgan fingerprint density at radius 1 is 1.25 bits per heavy atom. The first kappa shape index (κ1) is 17.3. The average molecular weight is 378 g/mol. The Labute approximate surface area is 145 Å². The van der Waals surface area contributed by atoms with Crippen LogP contribution in [0.25, 0.3) is 0 Å². The van der Waals surface area contributed by atoms with Gasteiger partial charge in [-0.1, -0.05) is 29.3 Å². The molecule has 0 fully saturated rings. The van der Waals surface area contributed by atoms with Crippen molar-refractivity contribution < 1.29 is 13.2 Å². The van der Waals surface area contributed by atoms with Crippen molar-refractivity contribution in [1.29, 1.82) is 0 Å². The lowest BCUT2D eigenvalue weighted by molar-refractivity contribution is -0.145. The molecule has 0 unspecified atom stereocenters. The Balaban J connectivity index is 1.89. The van der Waals surface area contributed by atoms with E-state index >= 15 is 0 Å². The predicted octanol–water partition coefficient (Wildman–Crippen LogP) is 3.65. The van der Waals surface area contributed by atoms with Crippen LogP contribution in [0.3, 0.4) is 0 Å². The zero-order valence-corrected chi connectivity index (χ0v) is 13.8. The summed E-state index contributed by atoms with van der Waals surface area (Å²) in [6.07, 6.45) is -4.37. The maximum Gasteiger partial charge on any atom is 0.449 e. The fraction of sp³-hybridized carbons (Fsp3) is 0.333. The number of rotatable bonds is 2. The number of fused-ring (bicyclic) bond motifs is 1. The van der Waals surface area contributed by atoms with Gasteiger partial charge in [0.2, 0.25) is 5.82 Å². The molecule has 2 aromatic rings. The SMILES string of the molecule is O=c1[nH]c(C(F)(F)F)nc2c1CCN(Cc1c(Cl)cccc1Cl)C2. The molecule has 0 radical (unpaired) electrons. The fourth-order valence-electron chi connectivity index (χ4n) is 2.67. The molecular formula is C15H12Cl2F3N3O. The molecule has 0 atom stereocenters. The number of aromatic amines is 1. The van der Waals surface area contributed by atoms with Crippen molar-refractivity contribution in [3.8, 4) is 0 Å². The molecule has 3 rings (SSSR count). The van der Waals surface area contributed by atoms with Gasteiger partial charge in [0.15, 0.2) is 0 Å². The summed E-state index contributed by atoms with van der Waals surface area (Å²) in [7, 11) is 0. The summed E-state index contributed by atoms with van der Waals surface area (Å²) < 4.78 is 38.4. The van der Waals surface area contributed by atoms with Crippen LogP contribution < -0.4 is 5.56 Å². The molecule has 1 aliphatic heterocycles. The largest absolute Gasteiger partial charge is 0.449 e. The zero-order valence-electron chi connectivity index (χ0n) is 12.3. The minimum absolute atomic E-state index is 0.129. The minimum Gasteiger partial charge on any atom is -0.303 e. The first-order valence-electron chi connectivity index (χ1n) is 7.10. The molecule has 2 heterocycles. The maximum absolute atomic E-state index is 12.8. The second-order valence-corrected chi connectivity index (χ2v) is 6.31. The number of benzene rings is 1. The Hall–Kier alpha value is -1.57. The molecule has 0 saturated carbocycles. The predicted molar refractivity (Wildman–Crippen MR) is 84.1 cm³/mol. The number of halogens is 5. The van der Waals surface area contributed by atoms with Gasteiger partial charge in [-0.3, -0.25) is 9.69 Å². The first-order chi connectivity index (χ1) is 11.3. The summed E-state index contributed by atoms with van der Waals surface area (Å²) in [6, 6.07) is 5.12. The van der Waals surface area contributed by atoms with Gasteiger partial charge in [-0.15, -0.1) is 0 Å². The van der Waals surface area contributed by atoms with Gasteiger partial charge in [0.1, 0.15) is 0 Å². The number of hydrogen-bond donors (Lipinski definition) is 1. The van der Waals surface area contributed by atoms with Gasteiger partial charge in [0, 0.05) is 40.8 Å². The standard InChI is InChI=1S/C15H12Cl2F3N3O/c16-10-2-1-3-11(17)9(10)6-23-5-4-8-12(7-23)21-14(15(18,19)20)22-13(8)24/h1-3H,4-7H2,(H,21,22,24). The number of nitrogens with zero attached hydrogens (tertiary/aromatic N) is 2. The first-order valence-corrected chi connectivity index (χ1v) is 7.86. The molecule has 4 nitrogen and oxygen atoms in total. The summed E-state index contributed by atoms with van der Waals surface area (Å²) in [6.45, 7) is 1.00. The van der Waals surface area contributed by atoms with Gasteiger partial charge in [-0.25, -0.2) is 4.98 Å². The highest BCUT2D eigenvalue weighted by molar-refractivity contribution is 6.35. The van der Waals surface area contributed by atoms with Crippen molar-refractivity contribution in [1.82, 2.24) is 14.9 Å². The molecule has 1 N–H and O–H groups in total. The van der Waals surface area contributed by atoms with Crippen molar-refractivity contribution in [2.75, 3.05) is 6.54 Å². The smallest absolute Gasteiger partial charge is 0.303 e. The molecule has 1 aromatic carbocycles. The fourth-order valence-corrected chi connectivity index (χ4v) is 3.19. The zero-order chi connectivity index (χ0) is 17.5. The third-order valence-corrected chi connectivity index (χ3v) is 4.57. The van der Waals surface area contributed by atoms with Crippen LogP contribution in [0.4, 0.5) is 13.2 Å². The molecule has 1 aromatic heterocycles. The molecule has 0 aliphatic carbocycles. The van der Waals surface area contributed by atoms with Crippen LogP contribution >= 0.6 is 23.2 Å². The number of aromatic nitrogens is 2. The molecule has 0 bridgehead atoms. The number of nitrogens with one attached hydrogen (secondary N) is 1. The highest BCUT2D eigenvalue weighted by Gasteiger charge is 2.36. The van der Waals surface area contributed by atoms with Crippen LogP contribution in [0.5, 0.6) is 0 Å². The van der Waals surface area contributed by atoms with Crippen molar-refractivity contribution in [3.63, 3.8) is 0 Å². The van der Waals surface area contributed by atoms with Crippen LogP contribution in [0, 0.1) is 0 Å². The van der Waals surface area contributed by atoms with Crippen LogP contribution in [-0.4, -0.2) is 21.4 Å². The maximum atomic E-state index is 12.8. The van der Waals surface area contributed by atoms with Gasteiger partial charge in [-0.2, -0.15) is 13.2 Å². The van der Waals surface area contributed by atoms with E-state index in [4.69, 9.17) is 23.2 Å². The second kappa shape index (κ2) is 6.38. The van der Waals surface area contributed by atoms with E-state index in [1.54, 1.807) is 23.2 Å². The van der Waals surface area contributed by atoms with Gasteiger partial charge in [0.05, 0.1) is 5.69 Å². The van der Waals surface area contributed by atoms with E-state index in [1.165, 1.54) is 0 Å². The number of hydrogen-bond acceptors (Lipinski definition) is 3. The summed E-state index contributed by atoms with van der Waals surface area (Å²) in [5.74, 6) is -1.27. The molecule has 1 aliphatic rings. The number of H-pyrrole nitrogens is 1. The second-order valence-electron chi connectivity index (χ2n) is 5.50. The van der Waals surface area contributed by atoms with Crippen molar-refractivity contribution in [2.24, 2.45) is 0 Å². The van der Waals surface area contributed by atoms with Crippen LogP contribution in [0.15, 0.2) is 23.0 Å². The van der Waals surface area contributed by atoms with Gasteiger partial charge >= 0.3 is 6.18 Å². The van der Waals surface area contributed by atoms with Crippen molar-refractivity contribution in [3.05, 3.63) is 61.2 Å². The quantitative estimate of drug-likeness (QED) is 0.868. The lowest BCUT2D eigenvalue weighted by Crippen LogP contribution is -2.36. The lowest BCUT2D eigenvalue weighted by Gasteiger charge is -2.28. The summed E-state index contributed by atoms with van der Waals surface area (Å²) in [5, 5.41) is 0.978. The van der Waals surface area contributed by atoms with E-state index < -0.39 is 17.6 Å². The van der Waals surface area contributed by atoms with E-state index in [2.05, 4.69) is 4.98 Å². The third kappa shape index (κ3) is 3.43. The highest BCUT2D eigenvalue weighted by atomic mass is 35.5. The van der Waals surface area contributed by atoms with E-state index in [0.717, 1.165) is 0 Å². The lowest BCUT2D eigenvalue weighted by atomic mass is 10.1. The van der Waals surface area contributed by atoms with Crippen LogP contribution in [0.1, 0.15) is 22.6 Å². The van der Waals surface area contributed by atoms with E-state index in [0.29, 0.717) is 40.7 Å². The Kier molecular flexibility index (Phi) is 4.59. The Bertz CT molecular complexity index is 815. The highest BCUT2D eigenvalue weighted by Crippen LogP contribution is 2.29. The van der Waals surface area contributed by atoms with Crippen LogP contribution in [0.2, 0.25) is 10.0 Å². The molecule has 0 amide bonds. The normalized spacial score (nSPS) is 15.4. The Morgan fingerprint density at radius 2 is 1.92 bits per heavy atom. The molecule has 0 spiro atoms. The summed E-state index contributed by atoms with van der Waals surface area (Å²) in [4.78, 5) is 19.1. The average Bonchev–Trinajstić information content (AvgIpc) is 2.50. The van der Waals surface area contributed by atoms with Crippen molar-refractivity contribution in [2.45, 2.75) is 25.7 Å². The Morgan fingerprint density at radius 3 is 2.54 bits per heavy atom. The summed E-state index contributed by atoms with van der Waals surface area (Å²) in [5.41, 5.74) is 0.401. The third-order valence-electron chi connectivity index (χ3n) is 3.86. The van der Waals surface area contributed by atoms with Crippen molar-refractivity contribution >= 4 is 23.2 Å². The molecule has 9 heteroatoms. The van der Waals surface area contributed by atoms with E-state index in [-0.39, 0.29) is 12.2 Å². The van der Waals surface area contributed by atoms with Gasteiger partial charge in [-0.05, 0) is 18.6 Å². The number of alkyl halides is 3. The summed E-state index contributed by atoms with van der Waals surface area (Å²) >= 11 is 12.3. The van der Waals surface area contributed by atoms with E-state index in [9.17, 15) is 18.0 Å². The molecular weight excluding hydrogens is 366 g/mol. The topological polar surface area (TPSA) is 49.0 Å². The van der Waals surface area contributed by atoms with E-state index in [1.807, 2.05) is 4.90 Å². The van der Waals surface area contributed by atoms with Crippen LogP contribution in [-0.2, 0) is 25.7 Å². The molecule has 0 saturated heterocycles. The molecule has 24 heavy (non-hydrogen) atoms. The minimum atomic E-state index is -4.69. The monoisotopic (exact) mass is 377 g/mol. The molecule has 128 valence electrons. The van der Waals surface area contributed by atoms with Gasteiger partial charge in [0.25, 0.3) is 5.56 Å². The van der Waals surface area contributed by atoms with Gasteiger partial charge < -0.3 is 4.98 Å².